The molecule has 1 saturated heterocycles. The van der Waals surface area contributed by atoms with E-state index in [1.807, 2.05) is 0 Å². The molecule has 1 saturated carbocycles. The molecule has 0 bridgehead atoms. The molecule has 0 aromatic carbocycles. The van der Waals surface area contributed by atoms with Crippen LogP contribution in [0, 0.1) is 5.92 Å². The van der Waals surface area contributed by atoms with Crippen LogP contribution in [-0.4, -0.2) is 45.6 Å². The maximum absolute atomic E-state index is 11.9. The highest BCUT2D eigenvalue weighted by atomic mass is 32.2. The fourth-order valence-corrected chi connectivity index (χ4v) is 3.43. The van der Waals surface area contributed by atoms with Crippen molar-refractivity contribution in [2.75, 3.05) is 32.8 Å². The average Bonchev–Trinajstić information content (AvgIpc) is 3.19. The Balaban J connectivity index is 1.55. The van der Waals surface area contributed by atoms with Gasteiger partial charge in [-0.15, -0.1) is 0 Å². The van der Waals surface area contributed by atoms with Crippen molar-refractivity contribution >= 4 is 10.2 Å². The molecule has 2 aliphatic rings. The van der Waals surface area contributed by atoms with Crippen LogP contribution in [0.2, 0.25) is 0 Å². The fraction of sp³-hybridized carbons (Fsp3) is 1.00. The standard InChI is InChI=1S/C12H24N2O3S/c15-18(16,14-8-2-1-3-9-14)13-7-4-10-17-11-12-5-6-12/h12-13H,1-11H2. The van der Waals surface area contributed by atoms with E-state index in [0.29, 0.717) is 26.2 Å². The molecule has 5 nitrogen and oxygen atoms in total. The lowest BCUT2D eigenvalue weighted by molar-refractivity contribution is 0.123. The summed E-state index contributed by atoms with van der Waals surface area (Å²) in [5, 5.41) is 0. The third-order valence-corrected chi connectivity index (χ3v) is 5.07. The summed E-state index contributed by atoms with van der Waals surface area (Å²) in [6.45, 7) is 3.29. The number of hydrogen-bond donors (Lipinski definition) is 1. The second-order valence-corrected chi connectivity index (χ2v) is 6.99. The van der Waals surface area contributed by atoms with Crippen LogP contribution in [0.5, 0.6) is 0 Å². The van der Waals surface area contributed by atoms with Crippen molar-refractivity contribution in [2.45, 2.75) is 38.5 Å². The molecule has 0 aromatic heterocycles. The summed E-state index contributed by atoms with van der Waals surface area (Å²) < 4.78 is 33.5. The van der Waals surface area contributed by atoms with Crippen molar-refractivity contribution in [3.8, 4) is 0 Å². The van der Waals surface area contributed by atoms with Crippen LogP contribution in [0.3, 0.4) is 0 Å². The summed E-state index contributed by atoms with van der Waals surface area (Å²) in [6, 6.07) is 0. The number of nitrogens with zero attached hydrogens (tertiary/aromatic N) is 1. The first kappa shape index (κ1) is 14.2. The molecule has 0 radical (unpaired) electrons. The van der Waals surface area contributed by atoms with Gasteiger partial charge in [-0.3, -0.25) is 0 Å². The average molecular weight is 276 g/mol. The minimum atomic E-state index is -3.25. The molecule has 2 fully saturated rings. The van der Waals surface area contributed by atoms with Crippen molar-refractivity contribution in [2.24, 2.45) is 5.92 Å². The first-order valence-electron chi connectivity index (χ1n) is 7.01. The Hall–Kier alpha value is -0.170. The molecule has 1 N–H and O–H groups in total. The van der Waals surface area contributed by atoms with Gasteiger partial charge in [0.2, 0.25) is 0 Å². The van der Waals surface area contributed by atoms with Gasteiger partial charge in [-0.1, -0.05) is 6.42 Å². The molecule has 0 spiro atoms. The molecular weight excluding hydrogens is 252 g/mol. The van der Waals surface area contributed by atoms with Crippen LogP contribution >= 0.6 is 0 Å². The Morgan fingerprint density at radius 1 is 1.17 bits per heavy atom. The molecule has 2 rings (SSSR count). The van der Waals surface area contributed by atoms with E-state index in [0.717, 1.165) is 38.2 Å². The van der Waals surface area contributed by atoms with Crippen LogP contribution in [0.1, 0.15) is 38.5 Å². The van der Waals surface area contributed by atoms with Crippen molar-refractivity contribution in [3.05, 3.63) is 0 Å². The maximum atomic E-state index is 11.9. The lowest BCUT2D eigenvalue weighted by Crippen LogP contribution is -2.43. The van der Waals surface area contributed by atoms with E-state index < -0.39 is 10.2 Å². The summed E-state index contributed by atoms with van der Waals surface area (Å²) >= 11 is 0. The largest absolute Gasteiger partial charge is 0.381 e. The SMILES string of the molecule is O=S(=O)(NCCCOCC1CC1)N1CCCCC1. The highest BCUT2D eigenvalue weighted by molar-refractivity contribution is 7.87. The van der Waals surface area contributed by atoms with E-state index in [9.17, 15) is 8.42 Å². The summed E-state index contributed by atoms with van der Waals surface area (Å²) in [6.07, 6.45) is 6.43. The predicted octanol–water partition coefficient (Wildman–Crippen LogP) is 1.12. The summed E-state index contributed by atoms with van der Waals surface area (Å²) in [5.41, 5.74) is 0. The van der Waals surface area contributed by atoms with Gasteiger partial charge in [0.25, 0.3) is 10.2 Å². The molecule has 0 aromatic rings. The predicted molar refractivity (Wildman–Crippen MR) is 70.5 cm³/mol. The molecular formula is C12H24N2O3S. The number of ether oxygens (including phenoxy) is 1. The normalized spacial score (nSPS) is 22.2. The number of piperidine rings is 1. The quantitative estimate of drug-likeness (QED) is 0.676. The van der Waals surface area contributed by atoms with Crippen molar-refractivity contribution < 1.29 is 13.2 Å². The molecule has 0 unspecified atom stereocenters. The highest BCUT2D eigenvalue weighted by Crippen LogP contribution is 2.28. The second kappa shape index (κ2) is 6.84. The van der Waals surface area contributed by atoms with Crippen LogP contribution < -0.4 is 4.72 Å². The smallest absolute Gasteiger partial charge is 0.279 e. The van der Waals surface area contributed by atoms with Gasteiger partial charge in [0, 0.05) is 32.8 Å². The van der Waals surface area contributed by atoms with E-state index in [-0.39, 0.29) is 0 Å². The topological polar surface area (TPSA) is 58.6 Å². The third-order valence-electron chi connectivity index (χ3n) is 3.46. The second-order valence-electron chi connectivity index (χ2n) is 5.23. The van der Waals surface area contributed by atoms with Crippen LogP contribution in [0.25, 0.3) is 0 Å². The molecule has 18 heavy (non-hydrogen) atoms. The zero-order valence-electron chi connectivity index (χ0n) is 10.9. The van der Waals surface area contributed by atoms with Crippen LogP contribution in [0.15, 0.2) is 0 Å². The molecule has 6 heteroatoms. The summed E-state index contributed by atoms with van der Waals surface area (Å²) in [4.78, 5) is 0. The summed E-state index contributed by atoms with van der Waals surface area (Å²) in [7, 11) is -3.25. The monoisotopic (exact) mass is 276 g/mol. The lowest BCUT2D eigenvalue weighted by Gasteiger charge is -2.25. The zero-order chi connectivity index (χ0) is 12.8. The van der Waals surface area contributed by atoms with Gasteiger partial charge < -0.3 is 4.74 Å². The minimum Gasteiger partial charge on any atom is -0.381 e. The van der Waals surface area contributed by atoms with E-state index >= 15 is 0 Å². The van der Waals surface area contributed by atoms with Crippen molar-refractivity contribution in [1.29, 1.82) is 0 Å². The molecule has 1 aliphatic carbocycles. The third kappa shape index (κ3) is 4.84. The highest BCUT2D eigenvalue weighted by Gasteiger charge is 2.23. The van der Waals surface area contributed by atoms with Gasteiger partial charge in [0.05, 0.1) is 0 Å². The molecule has 0 amide bonds. The van der Waals surface area contributed by atoms with E-state index in [2.05, 4.69) is 4.72 Å². The lowest BCUT2D eigenvalue weighted by atomic mass is 10.2. The Bertz CT molecular complexity index is 335. The molecule has 1 heterocycles. The van der Waals surface area contributed by atoms with Crippen molar-refractivity contribution in [3.63, 3.8) is 0 Å². The Morgan fingerprint density at radius 3 is 2.56 bits per heavy atom. The minimum absolute atomic E-state index is 0.476. The van der Waals surface area contributed by atoms with Gasteiger partial charge in [0.1, 0.15) is 0 Å². The van der Waals surface area contributed by atoms with E-state index in [1.165, 1.54) is 12.8 Å². The molecule has 1 aliphatic heterocycles. The summed E-state index contributed by atoms with van der Waals surface area (Å²) in [5.74, 6) is 0.773. The van der Waals surface area contributed by atoms with E-state index in [1.54, 1.807) is 4.31 Å². The van der Waals surface area contributed by atoms with Crippen molar-refractivity contribution in [1.82, 2.24) is 9.03 Å². The van der Waals surface area contributed by atoms with Crippen LogP contribution in [0.4, 0.5) is 0 Å². The first-order chi connectivity index (χ1) is 8.68. The van der Waals surface area contributed by atoms with Gasteiger partial charge in [-0.25, -0.2) is 4.72 Å². The Morgan fingerprint density at radius 2 is 1.89 bits per heavy atom. The number of rotatable bonds is 8. The molecule has 106 valence electrons. The van der Waals surface area contributed by atoms with Gasteiger partial charge in [-0.05, 0) is 38.0 Å². The fourth-order valence-electron chi connectivity index (χ4n) is 2.11. The Labute approximate surface area is 110 Å². The Kier molecular flexibility index (Phi) is 5.41. The number of hydrogen-bond acceptors (Lipinski definition) is 3. The maximum Gasteiger partial charge on any atom is 0.279 e. The van der Waals surface area contributed by atoms with Gasteiger partial charge >= 0.3 is 0 Å². The van der Waals surface area contributed by atoms with E-state index in [4.69, 9.17) is 4.74 Å². The van der Waals surface area contributed by atoms with Gasteiger partial charge in [-0.2, -0.15) is 12.7 Å². The number of nitrogens with one attached hydrogen (secondary N) is 1. The molecule has 0 atom stereocenters. The zero-order valence-corrected chi connectivity index (χ0v) is 11.8. The van der Waals surface area contributed by atoms with Gasteiger partial charge in [0.15, 0.2) is 0 Å². The van der Waals surface area contributed by atoms with Crippen LogP contribution in [-0.2, 0) is 14.9 Å². The first-order valence-corrected chi connectivity index (χ1v) is 8.45.